The molecule has 0 aliphatic carbocycles. The van der Waals surface area contributed by atoms with E-state index in [0.717, 1.165) is 0 Å². The van der Waals surface area contributed by atoms with Crippen molar-refractivity contribution in [2.45, 2.75) is 5.92 Å². The third kappa shape index (κ3) is 1.82. The Morgan fingerprint density at radius 2 is 2.25 bits per heavy atom. The number of nitrogens with zero attached hydrogens (tertiary/aromatic N) is 1. The second kappa shape index (κ2) is 4.58. The predicted molar refractivity (Wildman–Crippen MR) is 70.1 cm³/mol. The SMILES string of the molecule is N#CC1=C(N)OC2=C(C(=O)OC2)[C@@H]1c1cccc(Cl)c1. The van der Waals surface area contributed by atoms with Gasteiger partial charge in [0.15, 0.2) is 5.76 Å². The van der Waals surface area contributed by atoms with Crippen LogP contribution in [0.2, 0.25) is 5.02 Å². The lowest BCUT2D eigenvalue weighted by Gasteiger charge is -2.23. The number of nitriles is 1. The minimum Gasteiger partial charge on any atom is -0.454 e. The van der Waals surface area contributed by atoms with Gasteiger partial charge in [-0.25, -0.2) is 4.79 Å². The summed E-state index contributed by atoms with van der Waals surface area (Å²) in [7, 11) is 0. The molecule has 2 N–H and O–H groups in total. The summed E-state index contributed by atoms with van der Waals surface area (Å²) in [6, 6.07) is 8.94. The number of ether oxygens (including phenoxy) is 2. The van der Waals surface area contributed by atoms with Crippen molar-refractivity contribution in [3.8, 4) is 6.07 Å². The van der Waals surface area contributed by atoms with Crippen molar-refractivity contribution in [3.63, 3.8) is 0 Å². The van der Waals surface area contributed by atoms with E-state index < -0.39 is 11.9 Å². The number of allylic oxidation sites excluding steroid dienone is 1. The molecule has 0 unspecified atom stereocenters. The quantitative estimate of drug-likeness (QED) is 0.798. The summed E-state index contributed by atoms with van der Waals surface area (Å²) in [6.07, 6.45) is 0. The van der Waals surface area contributed by atoms with Crippen molar-refractivity contribution in [1.29, 1.82) is 5.26 Å². The van der Waals surface area contributed by atoms with Gasteiger partial charge in [0.1, 0.15) is 18.2 Å². The third-order valence-electron chi connectivity index (χ3n) is 3.23. The average molecular weight is 289 g/mol. The normalized spacial score (nSPS) is 21.2. The molecule has 0 amide bonds. The molecule has 2 aliphatic rings. The van der Waals surface area contributed by atoms with Gasteiger partial charge in [0.25, 0.3) is 0 Å². The number of nitrogens with two attached hydrogens (primary N) is 1. The Kier molecular flexibility index (Phi) is 2.88. The lowest BCUT2D eigenvalue weighted by atomic mass is 9.83. The van der Waals surface area contributed by atoms with Crippen LogP contribution in [0.15, 0.2) is 47.1 Å². The first kappa shape index (κ1) is 12.6. The smallest absolute Gasteiger partial charge is 0.339 e. The predicted octanol–water partition coefficient (Wildman–Crippen LogP) is 1.96. The molecular weight excluding hydrogens is 280 g/mol. The first-order valence-electron chi connectivity index (χ1n) is 5.85. The third-order valence-corrected chi connectivity index (χ3v) is 3.47. The van der Waals surface area contributed by atoms with Gasteiger partial charge >= 0.3 is 5.97 Å². The Morgan fingerprint density at radius 1 is 1.45 bits per heavy atom. The summed E-state index contributed by atoms with van der Waals surface area (Å²) in [5.74, 6) is -0.742. The average Bonchev–Trinajstić information content (AvgIpc) is 2.78. The minimum absolute atomic E-state index is 0.00507. The number of carbonyl (C=O) groups is 1. The second-order valence-electron chi connectivity index (χ2n) is 4.39. The van der Waals surface area contributed by atoms with Crippen LogP contribution in [0.1, 0.15) is 11.5 Å². The molecule has 100 valence electrons. The molecule has 0 saturated carbocycles. The first-order valence-corrected chi connectivity index (χ1v) is 6.23. The van der Waals surface area contributed by atoms with E-state index in [-0.39, 0.29) is 18.1 Å². The molecule has 1 aromatic carbocycles. The van der Waals surface area contributed by atoms with Gasteiger partial charge in [-0.1, -0.05) is 23.7 Å². The van der Waals surface area contributed by atoms with E-state index in [4.69, 9.17) is 26.8 Å². The van der Waals surface area contributed by atoms with Crippen LogP contribution in [0.5, 0.6) is 0 Å². The van der Waals surface area contributed by atoms with Gasteiger partial charge < -0.3 is 15.2 Å². The van der Waals surface area contributed by atoms with E-state index in [1.807, 2.05) is 6.07 Å². The van der Waals surface area contributed by atoms with Crippen LogP contribution in [0.4, 0.5) is 0 Å². The van der Waals surface area contributed by atoms with Gasteiger partial charge in [0, 0.05) is 5.02 Å². The number of halogens is 1. The molecule has 0 bridgehead atoms. The summed E-state index contributed by atoms with van der Waals surface area (Å²) < 4.78 is 10.3. The largest absolute Gasteiger partial charge is 0.454 e. The fourth-order valence-electron chi connectivity index (χ4n) is 2.38. The molecule has 6 heteroatoms. The molecule has 5 nitrogen and oxygen atoms in total. The molecule has 3 rings (SSSR count). The molecule has 0 radical (unpaired) electrons. The Balaban J connectivity index is 2.19. The van der Waals surface area contributed by atoms with Crippen LogP contribution in [-0.4, -0.2) is 12.6 Å². The van der Waals surface area contributed by atoms with Gasteiger partial charge in [-0.2, -0.15) is 5.26 Å². The molecule has 2 aliphatic heterocycles. The van der Waals surface area contributed by atoms with E-state index >= 15 is 0 Å². The molecule has 1 aromatic rings. The van der Waals surface area contributed by atoms with Crippen molar-refractivity contribution in [2.24, 2.45) is 5.73 Å². The maximum absolute atomic E-state index is 11.9. The number of hydrogen-bond acceptors (Lipinski definition) is 5. The summed E-state index contributed by atoms with van der Waals surface area (Å²) in [5, 5.41) is 9.81. The Morgan fingerprint density at radius 3 is 2.95 bits per heavy atom. The molecule has 0 saturated heterocycles. The van der Waals surface area contributed by atoms with Crippen LogP contribution in [0, 0.1) is 11.3 Å². The van der Waals surface area contributed by atoms with E-state index in [0.29, 0.717) is 21.9 Å². The highest BCUT2D eigenvalue weighted by Gasteiger charge is 2.41. The topological polar surface area (TPSA) is 85.3 Å². The van der Waals surface area contributed by atoms with Gasteiger partial charge in [0.05, 0.1) is 11.5 Å². The molecule has 2 heterocycles. The van der Waals surface area contributed by atoms with E-state index in [9.17, 15) is 10.1 Å². The van der Waals surface area contributed by atoms with Crippen molar-refractivity contribution in [2.75, 3.05) is 6.61 Å². The fraction of sp³-hybridized carbons (Fsp3) is 0.143. The van der Waals surface area contributed by atoms with Crippen molar-refractivity contribution < 1.29 is 14.3 Å². The minimum atomic E-state index is -0.600. The highest BCUT2D eigenvalue weighted by atomic mass is 35.5. The number of esters is 1. The second-order valence-corrected chi connectivity index (χ2v) is 4.83. The van der Waals surface area contributed by atoms with Crippen LogP contribution >= 0.6 is 11.6 Å². The van der Waals surface area contributed by atoms with E-state index in [2.05, 4.69) is 0 Å². The number of cyclic esters (lactones) is 1. The molecule has 0 fully saturated rings. The van der Waals surface area contributed by atoms with Gasteiger partial charge in [-0.15, -0.1) is 0 Å². The zero-order valence-electron chi connectivity index (χ0n) is 10.2. The number of carbonyl (C=O) groups excluding carboxylic acids is 1. The first-order chi connectivity index (χ1) is 9.61. The summed E-state index contributed by atoms with van der Waals surface area (Å²) in [6.45, 7) is 0.0324. The van der Waals surface area contributed by atoms with Crippen molar-refractivity contribution in [1.82, 2.24) is 0 Å². The van der Waals surface area contributed by atoms with Crippen LogP contribution in [0.3, 0.4) is 0 Å². The Hall–Kier alpha value is -2.45. The lowest BCUT2D eigenvalue weighted by Crippen LogP contribution is -2.21. The highest BCUT2D eigenvalue weighted by molar-refractivity contribution is 6.30. The summed E-state index contributed by atoms with van der Waals surface area (Å²) in [5.41, 5.74) is 6.96. The summed E-state index contributed by atoms with van der Waals surface area (Å²) >= 11 is 5.98. The molecule has 20 heavy (non-hydrogen) atoms. The van der Waals surface area contributed by atoms with Crippen LogP contribution in [0.25, 0.3) is 0 Å². The number of rotatable bonds is 1. The van der Waals surface area contributed by atoms with E-state index in [1.165, 1.54) is 0 Å². The van der Waals surface area contributed by atoms with Crippen LogP contribution in [-0.2, 0) is 14.3 Å². The Labute approximate surface area is 119 Å². The van der Waals surface area contributed by atoms with Crippen LogP contribution < -0.4 is 5.73 Å². The maximum Gasteiger partial charge on any atom is 0.339 e. The fourth-order valence-corrected chi connectivity index (χ4v) is 2.58. The van der Waals surface area contributed by atoms with Gasteiger partial charge in [0.2, 0.25) is 5.88 Å². The number of hydrogen-bond donors (Lipinski definition) is 1. The van der Waals surface area contributed by atoms with Crippen molar-refractivity contribution >= 4 is 17.6 Å². The lowest BCUT2D eigenvalue weighted by molar-refractivity contribution is -0.136. The highest BCUT2D eigenvalue weighted by Crippen LogP contribution is 2.42. The zero-order valence-corrected chi connectivity index (χ0v) is 11.0. The Bertz CT molecular complexity index is 715. The molecule has 0 aromatic heterocycles. The van der Waals surface area contributed by atoms with Gasteiger partial charge in [-0.05, 0) is 17.7 Å². The van der Waals surface area contributed by atoms with E-state index in [1.54, 1.807) is 24.3 Å². The molecular formula is C14H9ClN2O3. The molecule has 0 spiro atoms. The maximum atomic E-state index is 11.9. The van der Waals surface area contributed by atoms with Crippen molar-refractivity contribution in [3.05, 3.63) is 57.6 Å². The zero-order chi connectivity index (χ0) is 14.3. The monoisotopic (exact) mass is 288 g/mol. The standard InChI is InChI=1S/C14H9ClN2O3/c15-8-3-1-2-7(4-8)11-9(5-16)13(17)20-10-6-19-14(18)12(10)11/h1-4,11H,6,17H2/t11-/m1/s1. The summed E-state index contributed by atoms with van der Waals surface area (Å²) in [4.78, 5) is 11.9. The number of benzene rings is 1. The van der Waals surface area contributed by atoms with Gasteiger partial charge in [-0.3, -0.25) is 0 Å². The molecule has 1 atom stereocenters.